The Morgan fingerprint density at radius 3 is 2.50 bits per heavy atom. The number of nitrogens with one attached hydrogen (secondary N) is 1. The van der Waals surface area contributed by atoms with Crippen molar-refractivity contribution in [1.82, 2.24) is 9.78 Å². The molecule has 0 saturated heterocycles. The van der Waals surface area contributed by atoms with Crippen LogP contribution in [0.4, 0.5) is 11.4 Å². The number of amides is 1. The predicted octanol–water partition coefficient (Wildman–Crippen LogP) is 5.55. The number of halogens is 1. The van der Waals surface area contributed by atoms with Crippen molar-refractivity contribution in [1.29, 1.82) is 0 Å². The molecule has 0 aliphatic rings. The van der Waals surface area contributed by atoms with Gasteiger partial charge in [-0.1, -0.05) is 35.9 Å². The van der Waals surface area contributed by atoms with E-state index in [1.165, 1.54) is 25.3 Å². The zero-order valence-corrected chi connectivity index (χ0v) is 18.7. The van der Waals surface area contributed by atoms with Crippen molar-refractivity contribution >= 4 is 28.9 Å². The molecule has 4 rings (SSSR count). The van der Waals surface area contributed by atoms with Gasteiger partial charge < -0.3 is 14.8 Å². The first-order chi connectivity index (χ1) is 16.4. The fourth-order valence-electron chi connectivity index (χ4n) is 3.23. The summed E-state index contributed by atoms with van der Waals surface area (Å²) in [5.41, 5.74) is 1.32. The summed E-state index contributed by atoms with van der Waals surface area (Å²) in [6.07, 6.45) is 3.25. The highest BCUT2D eigenvalue weighted by Gasteiger charge is 2.15. The van der Waals surface area contributed by atoms with Crippen LogP contribution in [0.5, 0.6) is 17.2 Å². The Kier molecular flexibility index (Phi) is 6.74. The molecule has 1 N–H and O–H groups in total. The standard InChI is InChI=1S/C24H19ClN4O5/c1-33-22-4-2-3-5-23(22)34-21-11-19(10-20(12-21)29(31)32)27-24(30)17-8-6-16(7-9-17)14-28-15-18(25)13-26-28/h2-13,15H,14H2,1H3,(H,27,30). The first kappa shape index (κ1) is 22.8. The summed E-state index contributed by atoms with van der Waals surface area (Å²) in [6.45, 7) is 0.503. The molecule has 172 valence electrons. The van der Waals surface area contributed by atoms with Crippen LogP contribution in [0.25, 0.3) is 0 Å². The number of para-hydroxylation sites is 2. The van der Waals surface area contributed by atoms with E-state index in [9.17, 15) is 14.9 Å². The van der Waals surface area contributed by atoms with Crippen LogP contribution in [-0.4, -0.2) is 27.7 Å². The first-order valence-electron chi connectivity index (χ1n) is 10.1. The van der Waals surface area contributed by atoms with Crippen molar-refractivity contribution in [3.05, 3.63) is 105 Å². The molecule has 3 aromatic carbocycles. The minimum Gasteiger partial charge on any atom is -0.493 e. The fourth-order valence-corrected chi connectivity index (χ4v) is 3.38. The number of carbonyl (C=O) groups excluding carboxylic acids is 1. The Morgan fingerprint density at radius 2 is 1.85 bits per heavy atom. The van der Waals surface area contributed by atoms with Gasteiger partial charge >= 0.3 is 0 Å². The number of methoxy groups -OCH3 is 1. The second-order valence-corrected chi connectivity index (χ2v) is 7.67. The third-order valence-corrected chi connectivity index (χ3v) is 5.01. The highest BCUT2D eigenvalue weighted by molar-refractivity contribution is 6.30. The summed E-state index contributed by atoms with van der Waals surface area (Å²) >= 11 is 5.88. The topological polar surface area (TPSA) is 109 Å². The maximum atomic E-state index is 12.8. The lowest BCUT2D eigenvalue weighted by Crippen LogP contribution is -2.12. The molecule has 1 amide bonds. The quantitative estimate of drug-likeness (QED) is 0.263. The number of non-ortho nitro benzene ring substituents is 1. The smallest absolute Gasteiger partial charge is 0.275 e. The molecule has 0 spiro atoms. The molecule has 0 aliphatic heterocycles. The number of anilines is 1. The predicted molar refractivity (Wildman–Crippen MR) is 127 cm³/mol. The number of aromatic nitrogens is 2. The van der Waals surface area contributed by atoms with Gasteiger partial charge in [0.2, 0.25) is 0 Å². The molecule has 9 nitrogen and oxygen atoms in total. The van der Waals surface area contributed by atoms with Gasteiger partial charge in [0.1, 0.15) is 5.75 Å². The number of carbonyl (C=O) groups is 1. The number of ether oxygens (including phenoxy) is 2. The Balaban J connectivity index is 1.52. The van der Waals surface area contributed by atoms with Crippen LogP contribution in [0.15, 0.2) is 79.1 Å². The second-order valence-electron chi connectivity index (χ2n) is 7.23. The van der Waals surface area contributed by atoms with Crippen molar-refractivity contribution in [2.45, 2.75) is 6.54 Å². The summed E-state index contributed by atoms with van der Waals surface area (Å²) in [5, 5.41) is 18.8. The van der Waals surface area contributed by atoms with Gasteiger partial charge in [-0.05, 0) is 29.8 Å². The van der Waals surface area contributed by atoms with Crippen LogP contribution in [-0.2, 0) is 6.54 Å². The third-order valence-electron chi connectivity index (χ3n) is 4.82. The van der Waals surface area contributed by atoms with Crippen molar-refractivity contribution in [2.24, 2.45) is 0 Å². The molecule has 1 aromatic heterocycles. The Morgan fingerprint density at radius 1 is 1.12 bits per heavy atom. The summed E-state index contributed by atoms with van der Waals surface area (Å²) in [5.74, 6) is 0.619. The zero-order chi connectivity index (χ0) is 24.1. The minimum atomic E-state index is -0.554. The van der Waals surface area contributed by atoms with Crippen molar-refractivity contribution in [2.75, 3.05) is 12.4 Å². The Bertz CT molecular complexity index is 1340. The molecular weight excluding hydrogens is 460 g/mol. The molecule has 1 heterocycles. The monoisotopic (exact) mass is 478 g/mol. The number of benzene rings is 3. The average Bonchev–Trinajstić information content (AvgIpc) is 3.24. The Hall–Kier alpha value is -4.37. The lowest BCUT2D eigenvalue weighted by Gasteiger charge is -2.12. The van der Waals surface area contributed by atoms with Crippen LogP contribution in [0.3, 0.4) is 0 Å². The van der Waals surface area contributed by atoms with Gasteiger partial charge in [0, 0.05) is 23.9 Å². The number of nitrogens with zero attached hydrogens (tertiary/aromatic N) is 3. The fraction of sp³-hybridized carbons (Fsp3) is 0.0833. The van der Waals surface area contributed by atoms with E-state index in [0.717, 1.165) is 5.56 Å². The van der Waals surface area contributed by atoms with E-state index < -0.39 is 10.8 Å². The molecular formula is C24H19ClN4O5. The van der Waals surface area contributed by atoms with E-state index >= 15 is 0 Å². The summed E-state index contributed by atoms with van der Waals surface area (Å²) < 4.78 is 12.7. The summed E-state index contributed by atoms with van der Waals surface area (Å²) in [4.78, 5) is 23.6. The average molecular weight is 479 g/mol. The molecule has 0 radical (unpaired) electrons. The number of nitro benzene ring substituents is 1. The lowest BCUT2D eigenvalue weighted by molar-refractivity contribution is -0.384. The highest BCUT2D eigenvalue weighted by atomic mass is 35.5. The molecule has 10 heteroatoms. The van der Waals surface area contributed by atoms with Crippen molar-refractivity contribution < 1.29 is 19.2 Å². The van der Waals surface area contributed by atoms with E-state index in [1.807, 2.05) is 0 Å². The molecule has 0 unspecified atom stereocenters. The molecule has 0 saturated carbocycles. The van der Waals surface area contributed by atoms with Crippen LogP contribution in [0, 0.1) is 10.1 Å². The normalized spacial score (nSPS) is 10.5. The number of rotatable bonds is 8. The van der Waals surface area contributed by atoms with Crippen LogP contribution in [0.1, 0.15) is 15.9 Å². The number of hydrogen-bond donors (Lipinski definition) is 1. The van der Waals surface area contributed by atoms with Gasteiger partial charge in [-0.3, -0.25) is 19.6 Å². The van der Waals surface area contributed by atoms with Gasteiger partial charge in [-0.15, -0.1) is 0 Å². The largest absolute Gasteiger partial charge is 0.493 e. The minimum absolute atomic E-state index is 0.183. The summed E-state index contributed by atoms with van der Waals surface area (Å²) in [6, 6.07) is 17.9. The van der Waals surface area contributed by atoms with E-state index in [1.54, 1.807) is 65.6 Å². The van der Waals surface area contributed by atoms with E-state index in [4.69, 9.17) is 21.1 Å². The molecule has 0 fully saturated rings. The van der Waals surface area contributed by atoms with Crippen LogP contribution in [0.2, 0.25) is 5.02 Å². The number of hydrogen-bond acceptors (Lipinski definition) is 6. The maximum Gasteiger partial charge on any atom is 0.275 e. The first-order valence-corrected chi connectivity index (χ1v) is 10.5. The van der Waals surface area contributed by atoms with Gasteiger partial charge in [0.15, 0.2) is 11.5 Å². The third kappa shape index (κ3) is 5.51. The zero-order valence-electron chi connectivity index (χ0n) is 18.0. The van der Waals surface area contributed by atoms with Crippen molar-refractivity contribution in [3.63, 3.8) is 0 Å². The number of nitro groups is 1. The van der Waals surface area contributed by atoms with E-state index in [0.29, 0.717) is 28.6 Å². The van der Waals surface area contributed by atoms with Gasteiger partial charge in [0.25, 0.3) is 11.6 Å². The summed E-state index contributed by atoms with van der Waals surface area (Å²) in [7, 11) is 1.50. The molecule has 0 atom stereocenters. The van der Waals surface area contributed by atoms with E-state index in [2.05, 4.69) is 10.4 Å². The van der Waals surface area contributed by atoms with Gasteiger partial charge in [-0.25, -0.2) is 0 Å². The molecule has 34 heavy (non-hydrogen) atoms. The molecule has 0 bridgehead atoms. The molecule has 0 aliphatic carbocycles. The maximum absolute atomic E-state index is 12.8. The molecule has 4 aromatic rings. The SMILES string of the molecule is COc1ccccc1Oc1cc(NC(=O)c2ccc(Cn3cc(Cl)cn3)cc2)cc([N+](=O)[O-])c1. The van der Waals surface area contributed by atoms with E-state index in [-0.39, 0.29) is 17.1 Å². The second kappa shape index (κ2) is 10.1. The van der Waals surface area contributed by atoms with Crippen LogP contribution < -0.4 is 14.8 Å². The Labute approximate surface area is 199 Å². The lowest BCUT2D eigenvalue weighted by atomic mass is 10.1. The van der Waals surface area contributed by atoms with Gasteiger partial charge in [0.05, 0.1) is 41.6 Å². The van der Waals surface area contributed by atoms with Crippen molar-refractivity contribution in [3.8, 4) is 17.2 Å². The van der Waals surface area contributed by atoms with Gasteiger partial charge in [-0.2, -0.15) is 5.10 Å². The van der Waals surface area contributed by atoms with Crippen LogP contribution >= 0.6 is 11.6 Å². The highest BCUT2D eigenvalue weighted by Crippen LogP contribution is 2.34.